The van der Waals surface area contributed by atoms with Gasteiger partial charge in [0.1, 0.15) is 10.3 Å². The molecule has 0 saturated carbocycles. The number of nitrogens with zero attached hydrogens (tertiary/aromatic N) is 2. The standard InChI is InChI=1S/C17H15Cl2N5O2S/c18-14-9-22-17(19)24-16(14)23-13-6-2-4-11(8-13)15(27(21,25)26)10-3-1-5-12(20)7-10/h1-9,15H,20H2,(H2,21,25,26)(H,22,23,24). The number of halogens is 2. The number of benzene rings is 2. The number of rotatable bonds is 5. The van der Waals surface area contributed by atoms with Gasteiger partial charge >= 0.3 is 0 Å². The van der Waals surface area contributed by atoms with E-state index in [1.165, 1.54) is 6.20 Å². The first-order chi connectivity index (χ1) is 12.7. The molecule has 1 atom stereocenters. The molecule has 3 aromatic rings. The Bertz CT molecular complexity index is 1090. The van der Waals surface area contributed by atoms with Crippen LogP contribution in [0.25, 0.3) is 0 Å². The van der Waals surface area contributed by atoms with E-state index in [0.717, 1.165) is 0 Å². The zero-order valence-corrected chi connectivity index (χ0v) is 16.1. The molecular formula is C17H15Cl2N5O2S. The van der Waals surface area contributed by atoms with E-state index in [4.69, 9.17) is 34.1 Å². The van der Waals surface area contributed by atoms with Crippen LogP contribution in [0.1, 0.15) is 16.4 Å². The molecule has 0 fully saturated rings. The average Bonchev–Trinajstić information content (AvgIpc) is 2.57. The minimum absolute atomic E-state index is 0.0280. The molecule has 2 aromatic carbocycles. The van der Waals surface area contributed by atoms with Gasteiger partial charge in [0.15, 0.2) is 5.82 Å². The molecule has 0 aliphatic rings. The lowest BCUT2D eigenvalue weighted by Gasteiger charge is -2.17. The summed E-state index contributed by atoms with van der Waals surface area (Å²) in [6.07, 6.45) is 1.36. The molecule has 0 bridgehead atoms. The average molecular weight is 424 g/mol. The van der Waals surface area contributed by atoms with Crippen LogP contribution in [0, 0.1) is 0 Å². The predicted octanol–water partition coefficient (Wildman–Crippen LogP) is 3.49. The van der Waals surface area contributed by atoms with E-state index in [2.05, 4.69) is 15.3 Å². The highest BCUT2D eigenvalue weighted by Crippen LogP contribution is 2.32. The third-order valence-electron chi connectivity index (χ3n) is 3.71. The summed E-state index contributed by atoms with van der Waals surface area (Å²) in [6.45, 7) is 0. The fraction of sp³-hybridized carbons (Fsp3) is 0.0588. The van der Waals surface area contributed by atoms with Gasteiger partial charge in [0.25, 0.3) is 0 Å². The van der Waals surface area contributed by atoms with Crippen LogP contribution < -0.4 is 16.2 Å². The zero-order chi connectivity index (χ0) is 19.6. The third-order valence-corrected chi connectivity index (χ3v) is 5.37. The van der Waals surface area contributed by atoms with E-state index in [9.17, 15) is 8.42 Å². The zero-order valence-electron chi connectivity index (χ0n) is 13.8. The first kappa shape index (κ1) is 19.4. The topological polar surface area (TPSA) is 124 Å². The normalized spacial score (nSPS) is 12.6. The molecule has 0 radical (unpaired) electrons. The summed E-state index contributed by atoms with van der Waals surface area (Å²) >= 11 is 11.8. The van der Waals surface area contributed by atoms with E-state index < -0.39 is 15.3 Å². The summed E-state index contributed by atoms with van der Waals surface area (Å²) in [4.78, 5) is 7.79. The highest BCUT2D eigenvalue weighted by Gasteiger charge is 2.26. The van der Waals surface area contributed by atoms with Crippen LogP contribution in [0.5, 0.6) is 0 Å². The number of anilines is 3. The van der Waals surface area contributed by atoms with E-state index >= 15 is 0 Å². The molecule has 0 aliphatic carbocycles. The fourth-order valence-electron chi connectivity index (χ4n) is 2.64. The van der Waals surface area contributed by atoms with E-state index in [-0.39, 0.29) is 10.3 Å². The van der Waals surface area contributed by atoms with Crippen LogP contribution >= 0.6 is 23.2 Å². The van der Waals surface area contributed by atoms with Gasteiger partial charge in [-0.3, -0.25) is 0 Å². The maximum absolute atomic E-state index is 12.3. The molecule has 0 aliphatic heterocycles. The summed E-state index contributed by atoms with van der Waals surface area (Å²) in [5, 5.41) is 7.71. The maximum Gasteiger partial charge on any atom is 0.224 e. The van der Waals surface area contributed by atoms with Gasteiger partial charge in [0, 0.05) is 11.4 Å². The summed E-state index contributed by atoms with van der Waals surface area (Å²) in [6, 6.07) is 13.3. The molecule has 1 unspecified atom stereocenters. The summed E-state index contributed by atoms with van der Waals surface area (Å²) < 4.78 is 24.5. The SMILES string of the molecule is Nc1cccc(C(c2cccc(Nc3nc(Cl)ncc3Cl)c2)S(N)(=O)=O)c1. The van der Waals surface area contributed by atoms with Crippen molar-refractivity contribution >= 4 is 50.4 Å². The Hall–Kier alpha value is -2.39. The first-order valence-corrected chi connectivity index (χ1v) is 10.0. The number of primary sulfonamides is 1. The summed E-state index contributed by atoms with van der Waals surface area (Å²) in [5.74, 6) is 0.296. The highest BCUT2D eigenvalue weighted by atomic mass is 35.5. The second kappa shape index (κ2) is 7.69. The second-order valence-corrected chi connectivity index (χ2v) is 8.12. The number of nitrogens with two attached hydrogens (primary N) is 2. The number of hydrogen-bond donors (Lipinski definition) is 3. The van der Waals surface area contributed by atoms with Crippen molar-refractivity contribution in [3.8, 4) is 0 Å². The molecule has 0 saturated heterocycles. The molecule has 1 aromatic heterocycles. The van der Waals surface area contributed by atoms with Gasteiger partial charge in [-0.25, -0.2) is 18.5 Å². The Balaban J connectivity index is 2.03. The van der Waals surface area contributed by atoms with Gasteiger partial charge in [-0.05, 0) is 47.0 Å². The van der Waals surface area contributed by atoms with Crippen molar-refractivity contribution in [1.29, 1.82) is 0 Å². The van der Waals surface area contributed by atoms with Crippen LogP contribution in [-0.4, -0.2) is 18.4 Å². The largest absolute Gasteiger partial charge is 0.399 e. The number of sulfonamides is 1. The Morgan fingerprint density at radius 1 is 1.04 bits per heavy atom. The molecule has 5 N–H and O–H groups in total. The second-order valence-electron chi connectivity index (χ2n) is 5.73. The van der Waals surface area contributed by atoms with Gasteiger partial charge in [-0.2, -0.15) is 4.98 Å². The lowest BCUT2D eigenvalue weighted by atomic mass is 10.0. The lowest BCUT2D eigenvalue weighted by Crippen LogP contribution is -2.22. The quantitative estimate of drug-likeness (QED) is 0.426. The van der Waals surface area contributed by atoms with Crippen molar-refractivity contribution < 1.29 is 8.42 Å². The van der Waals surface area contributed by atoms with Gasteiger partial charge in [0.2, 0.25) is 15.3 Å². The van der Waals surface area contributed by atoms with Crippen LogP contribution in [0.2, 0.25) is 10.3 Å². The first-order valence-electron chi connectivity index (χ1n) is 7.66. The number of nitrogens with one attached hydrogen (secondary N) is 1. The monoisotopic (exact) mass is 423 g/mol. The Kier molecular flexibility index (Phi) is 5.52. The van der Waals surface area contributed by atoms with Crippen molar-refractivity contribution in [1.82, 2.24) is 9.97 Å². The minimum atomic E-state index is -3.95. The van der Waals surface area contributed by atoms with Crippen molar-refractivity contribution in [2.45, 2.75) is 5.25 Å². The Labute approximate surface area is 166 Å². The molecule has 3 rings (SSSR count). The summed E-state index contributed by atoms with van der Waals surface area (Å²) in [5.41, 5.74) is 7.72. The van der Waals surface area contributed by atoms with Crippen LogP contribution in [0.3, 0.4) is 0 Å². The molecular weight excluding hydrogens is 409 g/mol. The highest BCUT2D eigenvalue weighted by molar-refractivity contribution is 7.89. The number of nitrogen functional groups attached to an aromatic ring is 1. The summed E-state index contributed by atoms with van der Waals surface area (Å²) in [7, 11) is -3.95. The van der Waals surface area contributed by atoms with Crippen LogP contribution in [0.15, 0.2) is 54.7 Å². The molecule has 7 nitrogen and oxygen atoms in total. The van der Waals surface area contributed by atoms with Gasteiger partial charge in [0.05, 0.1) is 6.20 Å². The van der Waals surface area contributed by atoms with E-state index in [1.54, 1.807) is 48.5 Å². The van der Waals surface area contributed by atoms with E-state index in [1.807, 2.05) is 0 Å². The van der Waals surface area contributed by atoms with Gasteiger partial charge in [-0.15, -0.1) is 0 Å². The molecule has 1 heterocycles. The number of hydrogen-bond acceptors (Lipinski definition) is 6. The Morgan fingerprint density at radius 2 is 1.70 bits per heavy atom. The molecule has 140 valence electrons. The minimum Gasteiger partial charge on any atom is -0.399 e. The predicted molar refractivity (Wildman–Crippen MR) is 108 cm³/mol. The van der Waals surface area contributed by atoms with Crippen molar-refractivity contribution in [3.63, 3.8) is 0 Å². The van der Waals surface area contributed by atoms with Crippen LogP contribution in [-0.2, 0) is 10.0 Å². The maximum atomic E-state index is 12.3. The van der Waals surface area contributed by atoms with Gasteiger partial charge in [-0.1, -0.05) is 35.9 Å². The molecule has 27 heavy (non-hydrogen) atoms. The van der Waals surface area contributed by atoms with Crippen molar-refractivity contribution in [2.75, 3.05) is 11.1 Å². The molecule has 0 amide bonds. The molecule has 0 spiro atoms. The Morgan fingerprint density at radius 3 is 2.37 bits per heavy atom. The third kappa shape index (κ3) is 4.67. The number of aromatic nitrogens is 2. The van der Waals surface area contributed by atoms with Crippen LogP contribution in [0.4, 0.5) is 17.2 Å². The van der Waals surface area contributed by atoms with Gasteiger partial charge < -0.3 is 11.1 Å². The lowest BCUT2D eigenvalue weighted by molar-refractivity contribution is 0.591. The fourth-order valence-corrected chi connectivity index (χ4v) is 3.97. The van der Waals surface area contributed by atoms with Crippen molar-refractivity contribution in [3.05, 3.63) is 76.2 Å². The van der Waals surface area contributed by atoms with Crippen molar-refractivity contribution in [2.24, 2.45) is 5.14 Å². The van der Waals surface area contributed by atoms with E-state index in [0.29, 0.717) is 28.3 Å². The molecule has 10 heteroatoms. The smallest absolute Gasteiger partial charge is 0.224 e.